The standard InChI is InChI=1S/C18H21ClN2O3/c19-14-11-17(20-12-14)18(22)21(13-16-7-4-9-23-16)8-10-24-15-5-2-1-3-6-15/h1-3,5-6,11-12,16,20H,4,7-10,13H2. The number of H-pyrrole nitrogens is 1. The highest BCUT2D eigenvalue weighted by Gasteiger charge is 2.24. The summed E-state index contributed by atoms with van der Waals surface area (Å²) in [6, 6.07) is 11.2. The molecule has 1 amide bonds. The number of amides is 1. The normalized spacial score (nSPS) is 17.0. The van der Waals surface area contributed by atoms with Crippen molar-refractivity contribution in [1.29, 1.82) is 0 Å². The zero-order chi connectivity index (χ0) is 16.8. The van der Waals surface area contributed by atoms with Crippen LogP contribution in [0.15, 0.2) is 42.6 Å². The molecule has 1 aromatic heterocycles. The molecule has 1 saturated heterocycles. The third kappa shape index (κ3) is 4.52. The quantitative estimate of drug-likeness (QED) is 0.834. The van der Waals surface area contributed by atoms with Crippen LogP contribution in [0.2, 0.25) is 5.02 Å². The van der Waals surface area contributed by atoms with Gasteiger partial charge in [-0.15, -0.1) is 0 Å². The minimum absolute atomic E-state index is 0.0888. The van der Waals surface area contributed by atoms with E-state index >= 15 is 0 Å². The van der Waals surface area contributed by atoms with Crippen LogP contribution >= 0.6 is 11.6 Å². The minimum Gasteiger partial charge on any atom is -0.492 e. The number of hydrogen-bond acceptors (Lipinski definition) is 3. The molecule has 6 heteroatoms. The summed E-state index contributed by atoms with van der Waals surface area (Å²) in [6.45, 7) is 2.25. The molecule has 0 spiro atoms. The van der Waals surface area contributed by atoms with Crippen molar-refractivity contribution in [3.8, 4) is 5.75 Å². The number of benzene rings is 1. The van der Waals surface area contributed by atoms with Gasteiger partial charge in [-0.3, -0.25) is 4.79 Å². The van der Waals surface area contributed by atoms with Gasteiger partial charge < -0.3 is 19.4 Å². The molecule has 0 bridgehead atoms. The lowest BCUT2D eigenvalue weighted by Crippen LogP contribution is -2.40. The number of nitrogens with zero attached hydrogens (tertiary/aromatic N) is 1. The molecule has 1 unspecified atom stereocenters. The second kappa shape index (κ2) is 8.22. The van der Waals surface area contributed by atoms with Gasteiger partial charge in [0.25, 0.3) is 5.91 Å². The maximum Gasteiger partial charge on any atom is 0.270 e. The van der Waals surface area contributed by atoms with Gasteiger partial charge in [0.15, 0.2) is 0 Å². The van der Waals surface area contributed by atoms with E-state index in [1.807, 2.05) is 30.3 Å². The van der Waals surface area contributed by atoms with Gasteiger partial charge in [-0.1, -0.05) is 29.8 Å². The number of hydrogen-bond donors (Lipinski definition) is 1. The summed E-state index contributed by atoms with van der Waals surface area (Å²) < 4.78 is 11.4. The van der Waals surface area contributed by atoms with Gasteiger partial charge in [-0.25, -0.2) is 0 Å². The summed E-state index contributed by atoms with van der Waals surface area (Å²) >= 11 is 5.91. The van der Waals surface area contributed by atoms with Crippen molar-refractivity contribution in [3.05, 3.63) is 53.3 Å². The van der Waals surface area contributed by atoms with Crippen molar-refractivity contribution < 1.29 is 14.3 Å². The van der Waals surface area contributed by atoms with Gasteiger partial charge >= 0.3 is 0 Å². The van der Waals surface area contributed by atoms with E-state index < -0.39 is 0 Å². The molecule has 3 rings (SSSR count). The van der Waals surface area contributed by atoms with Crippen LogP contribution in [0, 0.1) is 0 Å². The molecule has 0 radical (unpaired) electrons. The molecular weight excluding hydrogens is 328 g/mol. The molecule has 1 N–H and O–H groups in total. The molecule has 2 aromatic rings. The first-order valence-electron chi connectivity index (χ1n) is 8.15. The number of aromatic nitrogens is 1. The van der Waals surface area contributed by atoms with Gasteiger partial charge in [0.05, 0.1) is 17.7 Å². The van der Waals surface area contributed by atoms with E-state index in [2.05, 4.69) is 4.98 Å². The highest BCUT2D eigenvalue weighted by atomic mass is 35.5. The van der Waals surface area contributed by atoms with Crippen LogP contribution in [0.25, 0.3) is 0 Å². The average Bonchev–Trinajstić information content (AvgIpc) is 3.26. The van der Waals surface area contributed by atoms with Crippen LogP contribution < -0.4 is 4.74 Å². The topological polar surface area (TPSA) is 54.6 Å². The molecule has 1 aromatic carbocycles. The molecule has 1 aliphatic heterocycles. The third-order valence-electron chi connectivity index (χ3n) is 3.99. The Labute approximate surface area is 146 Å². The monoisotopic (exact) mass is 348 g/mol. The maximum atomic E-state index is 12.7. The molecule has 2 heterocycles. The van der Waals surface area contributed by atoms with Gasteiger partial charge in [0.1, 0.15) is 18.1 Å². The fourth-order valence-electron chi connectivity index (χ4n) is 2.76. The molecule has 24 heavy (non-hydrogen) atoms. The molecule has 128 valence electrons. The maximum absolute atomic E-state index is 12.7. The van der Waals surface area contributed by atoms with Crippen LogP contribution in [0.4, 0.5) is 0 Å². The Morgan fingerprint density at radius 2 is 2.21 bits per heavy atom. The molecule has 1 atom stereocenters. The Balaban J connectivity index is 1.61. The number of carbonyl (C=O) groups is 1. The minimum atomic E-state index is -0.0888. The van der Waals surface area contributed by atoms with Gasteiger partial charge in [0, 0.05) is 19.3 Å². The van der Waals surface area contributed by atoms with Crippen LogP contribution in [0.3, 0.4) is 0 Å². The van der Waals surface area contributed by atoms with Crippen LogP contribution in [0.1, 0.15) is 23.3 Å². The Morgan fingerprint density at radius 1 is 1.38 bits per heavy atom. The van der Waals surface area contributed by atoms with Crippen molar-refractivity contribution in [2.45, 2.75) is 18.9 Å². The summed E-state index contributed by atoms with van der Waals surface area (Å²) in [7, 11) is 0. The lowest BCUT2D eigenvalue weighted by atomic mass is 10.2. The first kappa shape index (κ1) is 16.9. The third-order valence-corrected chi connectivity index (χ3v) is 4.20. The van der Waals surface area contributed by atoms with E-state index in [-0.39, 0.29) is 12.0 Å². The predicted octanol–water partition coefficient (Wildman–Crippen LogP) is 3.37. The van der Waals surface area contributed by atoms with Crippen molar-refractivity contribution in [3.63, 3.8) is 0 Å². The number of ether oxygens (including phenoxy) is 2. The van der Waals surface area contributed by atoms with E-state index in [0.717, 1.165) is 25.2 Å². The Morgan fingerprint density at radius 3 is 2.88 bits per heavy atom. The number of aromatic amines is 1. The van der Waals surface area contributed by atoms with Crippen molar-refractivity contribution in [2.24, 2.45) is 0 Å². The first-order valence-corrected chi connectivity index (χ1v) is 8.53. The average molecular weight is 349 g/mol. The summed E-state index contributed by atoms with van der Waals surface area (Å²) in [4.78, 5) is 17.4. The van der Waals surface area contributed by atoms with Crippen LogP contribution in [-0.4, -0.2) is 48.2 Å². The van der Waals surface area contributed by atoms with E-state index in [1.54, 1.807) is 17.2 Å². The second-order valence-corrected chi connectivity index (χ2v) is 6.22. The zero-order valence-electron chi connectivity index (χ0n) is 13.4. The van der Waals surface area contributed by atoms with Crippen molar-refractivity contribution in [2.75, 3.05) is 26.3 Å². The largest absolute Gasteiger partial charge is 0.492 e. The SMILES string of the molecule is O=C(c1cc(Cl)c[nH]1)N(CCOc1ccccc1)CC1CCCO1. The van der Waals surface area contributed by atoms with Gasteiger partial charge in [0.2, 0.25) is 0 Å². The van der Waals surface area contributed by atoms with Crippen molar-refractivity contribution in [1.82, 2.24) is 9.88 Å². The fourth-order valence-corrected chi connectivity index (χ4v) is 2.93. The summed E-state index contributed by atoms with van der Waals surface area (Å²) in [6.07, 6.45) is 3.73. The van der Waals surface area contributed by atoms with Crippen LogP contribution in [-0.2, 0) is 4.74 Å². The number of para-hydroxylation sites is 1. The molecule has 0 saturated carbocycles. The zero-order valence-corrected chi connectivity index (χ0v) is 14.2. The highest BCUT2D eigenvalue weighted by Crippen LogP contribution is 2.17. The molecule has 1 fully saturated rings. The molecule has 1 aliphatic rings. The van der Waals surface area contributed by atoms with Crippen LogP contribution in [0.5, 0.6) is 5.75 Å². The van der Waals surface area contributed by atoms with Gasteiger partial charge in [-0.05, 0) is 31.0 Å². The number of rotatable bonds is 7. The number of nitrogens with one attached hydrogen (secondary N) is 1. The highest BCUT2D eigenvalue weighted by molar-refractivity contribution is 6.30. The fraction of sp³-hybridized carbons (Fsp3) is 0.389. The first-order chi connectivity index (χ1) is 11.7. The lowest BCUT2D eigenvalue weighted by molar-refractivity contribution is 0.0490. The van der Waals surface area contributed by atoms with Crippen molar-refractivity contribution >= 4 is 17.5 Å². The Kier molecular flexibility index (Phi) is 5.77. The molecule has 0 aliphatic carbocycles. The second-order valence-electron chi connectivity index (χ2n) is 5.78. The number of halogens is 1. The van der Waals surface area contributed by atoms with E-state index in [9.17, 15) is 4.79 Å². The Bertz CT molecular complexity index is 653. The van der Waals surface area contributed by atoms with E-state index in [4.69, 9.17) is 21.1 Å². The molecular formula is C18H21ClN2O3. The predicted molar refractivity (Wildman–Crippen MR) is 92.6 cm³/mol. The van der Waals surface area contributed by atoms with Gasteiger partial charge in [-0.2, -0.15) is 0 Å². The lowest BCUT2D eigenvalue weighted by Gasteiger charge is -2.25. The Hall–Kier alpha value is -1.98. The van der Waals surface area contributed by atoms with E-state index in [0.29, 0.717) is 30.4 Å². The number of carbonyl (C=O) groups excluding carboxylic acids is 1. The smallest absolute Gasteiger partial charge is 0.270 e. The summed E-state index contributed by atoms with van der Waals surface area (Å²) in [5, 5.41) is 0.524. The van der Waals surface area contributed by atoms with E-state index in [1.165, 1.54) is 0 Å². The summed E-state index contributed by atoms with van der Waals surface area (Å²) in [5.41, 5.74) is 0.484. The summed E-state index contributed by atoms with van der Waals surface area (Å²) in [5.74, 6) is 0.707. The molecule has 5 nitrogen and oxygen atoms in total.